The molecule has 17 heavy (non-hydrogen) atoms. The summed E-state index contributed by atoms with van der Waals surface area (Å²) in [5.41, 5.74) is 0.689. The van der Waals surface area contributed by atoms with E-state index in [-0.39, 0.29) is 5.78 Å². The minimum absolute atomic E-state index is 0.0550. The van der Waals surface area contributed by atoms with Crippen LogP contribution in [-0.4, -0.2) is 39.3 Å². The molecule has 94 valence electrons. The smallest absolute Gasteiger partial charge is 0.159 e. The summed E-state index contributed by atoms with van der Waals surface area (Å²) in [5.74, 6) is 0.796. The van der Waals surface area contributed by atoms with Gasteiger partial charge in [0.25, 0.3) is 0 Å². The van der Waals surface area contributed by atoms with Gasteiger partial charge in [0.1, 0.15) is 12.4 Å². The van der Waals surface area contributed by atoms with Crippen molar-refractivity contribution < 1.29 is 19.0 Å². The van der Waals surface area contributed by atoms with E-state index in [0.717, 1.165) is 5.75 Å². The Kier molecular flexibility index (Phi) is 6.29. The van der Waals surface area contributed by atoms with Crippen molar-refractivity contribution in [1.29, 1.82) is 0 Å². The van der Waals surface area contributed by atoms with Crippen LogP contribution in [-0.2, 0) is 9.47 Å². The van der Waals surface area contributed by atoms with Crippen molar-refractivity contribution in [1.82, 2.24) is 0 Å². The van der Waals surface area contributed by atoms with Crippen LogP contribution in [0, 0.1) is 0 Å². The first-order chi connectivity index (χ1) is 8.24. The minimum atomic E-state index is 0.0550. The number of hydrogen-bond donors (Lipinski definition) is 0. The van der Waals surface area contributed by atoms with E-state index in [1.807, 2.05) is 0 Å². The van der Waals surface area contributed by atoms with Gasteiger partial charge in [-0.25, -0.2) is 0 Å². The Hall–Kier alpha value is -1.39. The van der Waals surface area contributed by atoms with Crippen LogP contribution in [0.5, 0.6) is 5.75 Å². The highest BCUT2D eigenvalue weighted by atomic mass is 16.5. The van der Waals surface area contributed by atoms with Crippen LogP contribution in [0.3, 0.4) is 0 Å². The quantitative estimate of drug-likeness (QED) is 0.513. The molecule has 0 saturated carbocycles. The normalized spacial score (nSPS) is 10.2. The third-order valence-electron chi connectivity index (χ3n) is 2.19. The molecular formula is C13H18O4. The first kappa shape index (κ1) is 13.7. The molecule has 0 aliphatic rings. The lowest BCUT2D eigenvalue weighted by atomic mass is 10.1. The van der Waals surface area contributed by atoms with E-state index in [9.17, 15) is 4.79 Å². The third kappa shape index (κ3) is 5.47. The van der Waals surface area contributed by atoms with Crippen LogP contribution in [0.4, 0.5) is 0 Å². The van der Waals surface area contributed by atoms with Crippen molar-refractivity contribution >= 4 is 5.78 Å². The molecule has 0 aliphatic carbocycles. The topological polar surface area (TPSA) is 44.8 Å². The predicted molar refractivity (Wildman–Crippen MR) is 64.6 cm³/mol. The fraction of sp³-hybridized carbons (Fsp3) is 0.462. The highest BCUT2D eigenvalue weighted by molar-refractivity contribution is 5.94. The molecular weight excluding hydrogens is 220 g/mol. The van der Waals surface area contributed by atoms with Crippen molar-refractivity contribution in [3.8, 4) is 5.75 Å². The van der Waals surface area contributed by atoms with E-state index in [4.69, 9.17) is 14.2 Å². The van der Waals surface area contributed by atoms with E-state index >= 15 is 0 Å². The number of carbonyl (C=O) groups excluding carboxylic acids is 1. The standard InChI is InChI=1S/C13H18O4/c1-11(14)12-3-5-13(6-4-12)17-10-9-16-8-7-15-2/h3-6H,7-10H2,1-2H3. The lowest BCUT2D eigenvalue weighted by molar-refractivity contribution is 0.0544. The molecule has 0 aliphatic heterocycles. The van der Waals surface area contributed by atoms with E-state index in [2.05, 4.69) is 0 Å². The zero-order valence-electron chi connectivity index (χ0n) is 10.3. The number of carbonyl (C=O) groups is 1. The van der Waals surface area contributed by atoms with Gasteiger partial charge in [0.2, 0.25) is 0 Å². The molecule has 1 aromatic rings. The number of benzene rings is 1. The van der Waals surface area contributed by atoms with Gasteiger partial charge in [-0.1, -0.05) is 0 Å². The second-order valence-electron chi connectivity index (χ2n) is 3.53. The lowest BCUT2D eigenvalue weighted by Gasteiger charge is -2.07. The Morgan fingerprint density at radius 1 is 1.06 bits per heavy atom. The SMILES string of the molecule is COCCOCCOc1ccc(C(C)=O)cc1. The summed E-state index contributed by atoms with van der Waals surface area (Å²) < 4.78 is 15.5. The molecule has 0 atom stereocenters. The number of methoxy groups -OCH3 is 1. The largest absolute Gasteiger partial charge is 0.491 e. The van der Waals surface area contributed by atoms with Gasteiger partial charge in [-0.2, -0.15) is 0 Å². The van der Waals surface area contributed by atoms with Gasteiger partial charge in [-0.3, -0.25) is 4.79 Å². The molecule has 1 rings (SSSR count). The summed E-state index contributed by atoms with van der Waals surface area (Å²) in [6, 6.07) is 7.07. The summed E-state index contributed by atoms with van der Waals surface area (Å²) in [4.78, 5) is 11.0. The molecule has 0 fully saturated rings. The fourth-order valence-corrected chi connectivity index (χ4v) is 1.25. The Bertz CT molecular complexity index is 332. The summed E-state index contributed by atoms with van der Waals surface area (Å²) in [6.45, 7) is 3.72. The van der Waals surface area contributed by atoms with E-state index < -0.39 is 0 Å². The van der Waals surface area contributed by atoms with Crippen molar-refractivity contribution in [2.24, 2.45) is 0 Å². The van der Waals surface area contributed by atoms with Crippen molar-refractivity contribution in [3.05, 3.63) is 29.8 Å². The molecule has 0 spiro atoms. The first-order valence-corrected chi connectivity index (χ1v) is 5.54. The molecule has 0 saturated heterocycles. The molecule has 1 aromatic carbocycles. The summed E-state index contributed by atoms with van der Waals surface area (Å²) in [5, 5.41) is 0. The van der Waals surface area contributed by atoms with Gasteiger partial charge in [0, 0.05) is 12.7 Å². The molecule has 0 aromatic heterocycles. The van der Waals surface area contributed by atoms with Crippen LogP contribution < -0.4 is 4.74 Å². The maximum Gasteiger partial charge on any atom is 0.159 e. The first-order valence-electron chi connectivity index (χ1n) is 5.54. The fourth-order valence-electron chi connectivity index (χ4n) is 1.25. The average Bonchev–Trinajstić information content (AvgIpc) is 2.34. The van der Waals surface area contributed by atoms with Crippen LogP contribution in [0.15, 0.2) is 24.3 Å². The Morgan fingerprint density at radius 2 is 1.71 bits per heavy atom. The van der Waals surface area contributed by atoms with Crippen molar-refractivity contribution in [3.63, 3.8) is 0 Å². The summed E-state index contributed by atoms with van der Waals surface area (Å²) >= 11 is 0. The average molecular weight is 238 g/mol. The monoisotopic (exact) mass is 238 g/mol. The molecule has 0 unspecified atom stereocenters. The Morgan fingerprint density at radius 3 is 2.29 bits per heavy atom. The van der Waals surface area contributed by atoms with E-state index in [1.54, 1.807) is 38.3 Å². The second-order valence-corrected chi connectivity index (χ2v) is 3.53. The zero-order valence-corrected chi connectivity index (χ0v) is 10.3. The van der Waals surface area contributed by atoms with Gasteiger partial charge < -0.3 is 14.2 Å². The highest BCUT2D eigenvalue weighted by Gasteiger charge is 1.99. The van der Waals surface area contributed by atoms with Crippen LogP contribution >= 0.6 is 0 Å². The number of hydrogen-bond acceptors (Lipinski definition) is 4. The van der Waals surface area contributed by atoms with Gasteiger partial charge in [-0.15, -0.1) is 0 Å². The Balaban J connectivity index is 2.21. The Labute approximate surface area is 101 Å². The van der Waals surface area contributed by atoms with Crippen LogP contribution in [0.25, 0.3) is 0 Å². The molecule has 0 N–H and O–H groups in total. The summed E-state index contributed by atoms with van der Waals surface area (Å²) in [7, 11) is 1.64. The maximum atomic E-state index is 11.0. The number of ketones is 1. The number of rotatable bonds is 8. The molecule has 4 nitrogen and oxygen atoms in total. The molecule has 0 radical (unpaired) electrons. The van der Waals surface area contributed by atoms with Crippen LogP contribution in [0.1, 0.15) is 17.3 Å². The highest BCUT2D eigenvalue weighted by Crippen LogP contribution is 2.12. The summed E-state index contributed by atoms with van der Waals surface area (Å²) in [6.07, 6.45) is 0. The van der Waals surface area contributed by atoms with Gasteiger partial charge in [0.15, 0.2) is 5.78 Å². The lowest BCUT2D eigenvalue weighted by Crippen LogP contribution is -2.10. The zero-order chi connectivity index (χ0) is 12.5. The van der Waals surface area contributed by atoms with Gasteiger partial charge in [0.05, 0.1) is 19.8 Å². The van der Waals surface area contributed by atoms with Crippen molar-refractivity contribution in [2.75, 3.05) is 33.5 Å². The minimum Gasteiger partial charge on any atom is -0.491 e. The third-order valence-corrected chi connectivity index (χ3v) is 2.19. The predicted octanol–water partition coefficient (Wildman–Crippen LogP) is 1.93. The number of ether oxygens (including phenoxy) is 3. The van der Waals surface area contributed by atoms with Gasteiger partial charge >= 0.3 is 0 Å². The van der Waals surface area contributed by atoms with Crippen molar-refractivity contribution in [2.45, 2.75) is 6.92 Å². The van der Waals surface area contributed by atoms with E-state index in [1.165, 1.54) is 0 Å². The van der Waals surface area contributed by atoms with Gasteiger partial charge in [-0.05, 0) is 31.2 Å². The molecule has 0 bridgehead atoms. The molecule has 4 heteroatoms. The maximum absolute atomic E-state index is 11.0. The van der Waals surface area contributed by atoms with Crippen LogP contribution in [0.2, 0.25) is 0 Å². The second kappa shape index (κ2) is 7.81. The molecule has 0 amide bonds. The number of Topliss-reactive ketones (excluding diaryl/α,β-unsaturated/α-hetero) is 1. The van der Waals surface area contributed by atoms with E-state index in [0.29, 0.717) is 32.0 Å². The molecule has 0 heterocycles.